The molecule has 4 heteroatoms. The Bertz CT molecular complexity index is 118. The number of rotatable bonds is 2. The first-order chi connectivity index (χ1) is 4.46. The second-order valence-corrected chi connectivity index (χ2v) is 3.89. The smallest absolute Gasteiger partial charge is 0.411 e. The molecule has 0 aromatic carbocycles. The van der Waals surface area contributed by atoms with Gasteiger partial charge in [-0.1, -0.05) is 4.32 Å². The molecule has 0 amide bonds. The summed E-state index contributed by atoms with van der Waals surface area (Å²) in [5, 5.41) is 0. The number of nitrogens with zero attached hydrogens (tertiary/aromatic N) is 1. The SMILES string of the molecule is CC(C)N(C(=S)[S-])C(C)C.[Na+]. The summed E-state index contributed by atoms with van der Waals surface area (Å²) in [4.78, 5) is 2.05. The fourth-order valence-corrected chi connectivity index (χ4v) is 1.86. The molecular formula is C7H14NNaS2. The van der Waals surface area contributed by atoms with Gasteiger partial charge in [-0.25, -0.2) is 0 Å². The predicted molar refractivity (Wildman–Crippen MR) is 52.1 cm³/mol. The van der Waals surface area contributed by atoms with E-state index in [2.05, 4.69) is 27.7 Å². The van der Waals surface area contributed by atoms with Gasteiger partial charge in [0.05, 0.1) is 0 Å². The minimum absolute atomic E-state index is 0. The van der Waals surface area contributed by atoms with Crippen molar-refractivity contribution in [3.05, 3.63) is 0 Å². The van der Waals surface area contributed by atoms with Crippen molar-refractivity contribution in [2.75, 3.05) is 0 Å². The summed E-state index contributed by atoms with van der Waals surface area (Å²) in [6.07, 6.45) is 0. The molecule has 0 unspecified atom stereocenters. The molecule has 0 aromatic rings. The van der Waals surface area contributed by atoms with Crippen molar-refractivity contribution in [2.24, 2.45) is 0 Å². The van der Waals surface area contributed by atoms with Crippen molar-refractivity contribution in [3.63, 3.8) is 0 Å². The average molecular weight is 199 g/mol. The molecule has 1 nitrogen and oxygen atoms in total. The summed E-state index contributed by atoms with van der Waals surface area (Å²) in [6.45, 7) is 8.38. The van der Waals surface area contributed by atoms with E-state index in [0.717, 1.165) is 0 Å². The molecule has 11 heavy (non-hydrogen) atoms. The van der Waals surface area contributed by atoms with Gasteiger partial charge in [0.1, 0.15) is 0 Å². The van der Waals surface area contributed by atoms with Crippen molar-refractivity contribution < 1.29 is 29.6 Å². The van der Waals surface area contributed by atoms with Gasteiger partial charge in [0, 0.05) is 12.1 Å². The fourth-order valence-electron chi connectivity index (χ4n) is 1.02. The minimum Gasteiger partial charge on any atom is -0.411 e. The topological polar surface area (TPSA) is 3.24 Å². The standard InChI is InChI=1S/C7H15NS2.Na/c1-5(2)8(6(3)4)7(9)10;/h5-6H,1-4H3,(H,9,10);/q;+1/p-1. The van der Waals surface area contributed by atoms with E-state index in [1.165, 1.54) is 0 Å². The van der Waals surface area contributed by atoms with Gasteiger partial charge in [-0.2, -0.15) is 0 Å². The van der Waals surface area contributed by atoms with Crippen LogP contribution in [0.1, 0.15) is 27.7 Å². The van der Waals surface area contributed by atoms with Gasteiger partial charge < -0.3 is 29.7 Å². The van der Waals surface area contributed by atoms with Gasteiger partial charge in [0.15, 0.2) is 0 Å². The molecule has 0 saturated carbocycles. The molecule has 0 heterocycles. The Balaban J connectivity index is 0. The first-order valence-electron chi connectivity index (χ1n) is 3.46. The molecule has 0 N–H and O–H groups in total. The molecule has 0 rings (SSSR count). The third kappa shape index (κ3) is 5.36. The molecular weight excluding hydrogens is 185 g/mol. The van der Waals surface area contributed by atoms with Crippen LogP contribution in [0.2, 0.25) is 0 Å². The summed E-state index contributed by atoms with van der Waals surface area (Å²) in [7, 11) is 0. The maximum absolute atomic E-state index is 4.91. The summed E-state index contributed by atoms with van der Waals surface area (Å²) in [6, 6.07) is 0.843. The van der Waals surface area contributed by atoms with Crippen molar-refractivity contribution in [1.82, 2.24) is 4.90 Å². The molecule has 0 aromatic heterocycles. The Morgan fingerprint density at radius 2 is 1.45 bits per heavy atom. The molecule has 0 spiro atoms. The molecule has 0 aliphatic rings. The Labute approximate surface area is 103 Å². The van der Waals surface area contributed by atoms with Crippen LogP contribution in [0.3, 0.4) is 0 Å². The Morgan fingerprint density at radius 1 is 1.18 bits per heavy atom. The van der Waals surface area contributed by atoms with E-state index in [1.807, 2.05) is 4.90 Å². The van der Waals surface area contributed by atoms with E-state index in [4.69, 9.17) is 24.8 Å². The summed E-state index contributed by atoms with van der Waals surface area (Å²) >= 11 is 9.82. The molecule has 0 aliphatic heterocycles. The van der Waals surface area contributed by atoms with Crippen LogP contribution in [0.15, 0.2) is 0 Å². The van der Waals surface area contributed by atoms with Crippen LogP contribution < -0.4 is 29.6 Å². The molecule has 0 fully saturated rings. The zero-order valence-electron chi connectivity index (χ0n) is 7.92. The van der Waals surface area contributed by atoms with Gasteiger partial charge in [0.2, 0.25) is 0 Å². The van der Waals surface area contributed by atoms with Gasteiger partial charge in [0.25, 0.3) is 0 Å². The summed E-state index contributed by atoms with van der Waals surface area (Å²) < 4.78 is 0.574. The van der Waals surface area contributed by atoms with Crippen molar-refractivity contribution in [3.8, 4) is 0 Å². The van der Waals surface area contributed by atoms with Gasteiger partial charge in [-0.15, -0.1) is 0 Å². The molecule has 0 atom stereocenters. The quantitative estimate of drug-likeness (QED) is 0.317. The van der Waals surface area contributed by atoms with Crippen LogP contribution in [0.25, 0.3) is 0 Å². The Hall–Kier alpha value is 1.11. The zero-order chi connectivity index (χ0) is 8.31. The van der Waals surface area contributed by atoms with Crippen LogP contribution in [-0.2, 0) is 12.6 Å². The average Bonchev–Trinajstić information content (AvgIpc) is 1.59. The van der Waals surface area contributed by atoms with Crippen molar-refractivity contribution >= 4 is 29.2 Å². The monoisotopic (exact) mass is 199 g/mol. The van der Waals surface area contributed by atoms with Gasteiger partial charge >= 0.3 is 29.6 Å². The van der Waals surface area contributed by atoms with Gasteiger partial charge in [-0.3, -0.25) is 0 Å². The second-order valence-electron chi connectivity index (χ2n) is 2.86. The first kappa shape index (κ1) is 14.6. The number of thiocarbonyl (C=S) groups is 1. The van der Waals surface area contributed by atoms with Crippen molar-refractivity contribution in [2.45, 2.75) is 39.8 Å². The zero-order valence-corrected chi connectivity index (χ0v) is 11.6. The number of hydrogen-bond donors (Lipinski definition) is 0. The predicted octanol–water partition coefficient (Wildman–Crippen LogP) is -1.06. The fraction of sp³-hybridized carbons (Fsp3) is 0.857. The maximum Gasteiger partial charge on any atom is 1.00 e. The minimum atomic E-state index is 0. The van der Waals surface area contributed by atoms with E-state index in [9.17, 15) is 0 Å². The maximum atomic E-state index is 4.91. The molecule has 60 valence electrons. The van der Waals surface area contributed by atoms with Gasteiger partial charge in [-0.05, 0) is 27.7 Å². The third-order valence-electron chi connectivity index (χ3n) is 1.32. The van der Waals surface area contributed by atoms with E-state index >= 15 is 0 Å². The van der Waals surface area contributed by atoms with E-state index < -0.39 is 0 Å². The largest absolute Gasteiger partial charge is 1.00 e. The van der Waals surface area contributed by atoms with Crippen LogP contribution >= 0.6 is 12.2 Å². The first-order valence-corrected chi connectivity index (χ1v) is 4.27. The van der Waals surface area contributed by atoms with E-state index in [-0.39, 0.29) is 29.6 Å². The van der Waals surface area contributed by atoms with Crippen LogP contribution in [0.4, 0.5) is 0 Å². The second kappa shape index (κ2) is 6.61. The van der Waals surface area contributed by atoms with E-state index in [1.54, 1.807) is 0 Å². The Kier molecular flexibility index (Phi) is 8.78. The van der Waals surface area contributed by atoms with Crippen molar-refractivity contribution in [1.29, 1.82) is 0 Å². The molecule has 0 bridgehead atoms. The normalized spacial score (nSPS) is 9.64. The molecule has 0 radical (unpaired) electrons. The van der Waals surface area contributed by atoms with Crippen LogP contribution in [0, 0.1) is 0 Å². The van der Waals surface area contributed by atoms with Crippen LogP contribution in [-0.4, -0.2) is 21.3 Å². The van der Waals surface area contributed by atoms with Crippen LogP contribution in [0.5, 0.6) is 0 Å². The van der Waals surface area contributed by atoms with E-state index in [0.29, 0.717) is 16.4 Å². The summed E-state index contributed by atoms with van der Waals surface area (Å²) in [5.41, 5.74) is 0. The molecule has 0 saturated heterocycles. The Morgan fingerprint density at radius 3 is 1.45 bits per heavy atom. The molecule has 0 aliphatic carbocycles. The number of hydrogen-bond acceptors (Lipinski definition) is 2. The summed E-state index contributed by atoms with van der Waals surface area (Å²) in [5.74, 6) is 0. The third-order valence-corrected chi connectivity index (χ3v) is 1.75.